The fourth-order valence-electron chi connectivity index (χ4n) is 1.07. The minimum absolute atomic E-state index is 0.000741. The predicted molar refractivity (Wildman–Crippen MR) is 56.3 cm³/mol. The van der Waals surface area contributed by atoms with Crippen molar-refractivity contribution < 1.29 is 17.6 Å². The van der Waals surface area contributed by atoms with Crippen LogP contribution in [0.1, 0.15) is 5.76 Å². The number of hydrogen-bond donors (Lipinski definition) is 2. The Bertz CT molecular complexity index is 440. The van der Waals surface area contributed by atoms with E-state index < -0.39 is 15.9 Å². The van der Waals surface area contributed by atoms with Gasteiger partial charge in [0.1, 0.15) is 5.76 Å². The summed E-state index contributed by atoms with van der Waals surface area (Å²) in [5.41, 5.74) is 1.87. The second kappa shape index (κ2) is 5.10. The molecule has 0 aliphatic rings. The molecule has 1 rings (SSSR count). The van der Waals surface area contributed by atoms with E-state index in [1.165, 1.54) is 6.26 Å². The van der Waals surface area contributed by atoms with Crippen LogP contribution in [-0.4, -0.2) is 31.4 Å². The molecule has 0 saturated heterocycles. The minimum atomic E-state index is -3.49. The Balaban J connectivity index is 2.77. The van der Waals surface area contributed by atoms with Gasteiger partial charge in [-0.2, -0.15) is 4.31 Å². The smallest absolute Gasteiger partial charge is 0.249 e. The largest absolute Gasteiger partial charge is 0.468 e. The van der Waals surface area contributed by atoms with Crippen molar-refractivity contribution in [3.63, 3.8) is 0 Å². The molecule has 16 heavy (non-hydrogen) atoms. The topological polar surface area (TPSA) is 106 Å². The molecular formula is C8H13N3O4S. The van der Waals surface area contributed by atoms with E-state index in [0.717, 1.165) is 10.6 Å². The summed E-state index contributed by atoms with van der Waals surface area (Å²) in [6, 6.07) is 3.26. The SMILES string of the molecule is CS(=O)(=O)N(CC(=O)NN)Cc1ccco1. The van der Waals surface area contributed by atoms with Gasteiger partial charge in [-0.05, 0) is 12.1 Å². The van der Waals surface area contributed by atoms with Gasteiger partial charge in [0.15, 0.2) is 0 Å². The Labute approximate surface area is 93.2 Å². The molecule has 0 atom stereocenters. The summed E-state index contributed by atoms with van der Waals surface area (Å²) >= 11 is 0. The highest BCUT2D eigenvalue weighted by atomic mass is 32.2. The van der Waals surface area contributed by atoms with E-state index in [9.17, 15) is 13.2 Å². The normalized spacial score (nSPS) is 11.7. The van der Waals surface area contributed by atoms with Crippen molar-refractivity contribution in [2.75, 3.05) is 12.8 Å². The third kappa shape index (κ3) is 3.65. The maximum absolute atomic E-state index is 11.4. The molecule has 90 valence electrons. The van der Waals surface area contributed by atoms with E-state index in [2.05, 4.69) is 0 Å². The highest BCUT2D eigenvalue weighted by Crippen LogP contribution is 2.08. The third-order valence-electron chi connectivity index (χ3n) is 1.86. The quantitative estimate of drug-likeness (QED) is 0.395. The molecule has 1 amide bonds. The molecule has 0 radical (unpaired) electrons. The van der Waals surface area contributed by atoms with Gasteiger partial charge in [0.05, 0.1) is 25.6 Å². The summed E-state index contributed by atoms with van der Waals surface area (Å²) in [6.07, 6.45) is 2.44. The fourth-order valence-corrected chi connectivity index (χ4v) is 1.79. The second-order valence-electron chi connectivity index (χ2n) is 3.18. The molecule has 7 nitrogen and oxygen atoms in total. The number of nitrogens with two attached hydrogens (primary N) is 1. The first-order valence-corrected chi connectivity index (χ1v) is 6.25. The van der Waals surface area contributed by atoms with Crippen LogP contribution in [0.3, 0.4) is 0 Å². The van der Waals surface area contributed by atoms with Gasteiger partial charge in [-0.1, -0.05) is 0 Å². The number of hydrogen-bond acceptors (Lipinski definition) is 5. The zero-order valence-corrected chi connectivity index (χ0v) is 9.53. The van der Waals surface area contributed by atoms with E-state index >= 15 is 0 Å². The molecule has 0 aliphatic heterocycles. The minimum Gasteiger partial charge on any atom is -0.468 e. The highest BCUT2D eigenvalue weighted by molar-refractivity contribution is 7.88. The molecule has 0 aliphatic carbocycles. The number of furan rings is 1. The first-order valence-electron chi connectivity index (χ1n) is 4.40. The van der Waals surface area contributed by atoms with Gasteiger partial charge >= 0.3 is 0 Å². The third-order valence-corrected chi connectivity index (χ3v) is 3.06. The molecule has 0 spiro atoms. The van der Waals surface area contributed by atoms with Crippen LogP contribution in [0.2, 0.25) is 0 Å². The number of carbonyl (C=O) groups is 1. The molecule has 1 aromatic rings. The summed E-state index contributed by atoms with van der Waals surface area (Å²) in [5, 5.41) is 0. The fraction of sp³-hybridized carbons (Fsp3) is 0.375. The summed E-state index contributed by atoms with van der Waals surface area (Å²) < 4.78 is 28.7. The van der Waals surface area contributed by atoms with E-state index in [4.69, 9.17) is 10.3 Å². The second-order valence-corrected chi connectivity index (χ2v) is 5.16. The maximum atomic E-state index is 11.4. The Kier molecular flexibility index (Phi) is 4.05. The summed E-state index contributed by atoms with van der Waals surface area (Å²) in [6.45, 7) is -0.338. The van der Waals surface area contributed by atoms with Gasteiger partial charge in [0.2, 0.25) is 15.9 Å². The van der Waals surface area contributed by atoms with Crippen LogP contribution in [0, 0.1) is 0 Å². The van der Waals surface area contributed by atoms with Gasteiger partial charge in [0.25, 0.3) is 0 Å². The molecule has 3 N–H and O–H groups in total. The number of hydrazine groups is 1. The molecular weight excluding hydrogens is 234 g/mol. The Morgan fingerprint density at radius 1 is 1.62 bits per heavy atom. The van der Waals surface area contributed by atoms with Gasteiger partial charge in [-0.15, -0.1) is 0 Å². The number of nitrogens with one attached hydrogen (secondary N) is 1. The maximum Gasteiger partial charge on any atom is 0.249 e. The lowest BCUT2D eigenvalue weighted by Crippen LogP contribution is -2.42. The predicted octanol–water partition coefficient (Wildman–Crippen LogP) is -0.969. The average molecular weight is 247 g/mol. The van der Waals surface area contributed by atoms with Gasteiger partial charge in [-0.3, -0.25) is 10.2 Å². The molecule has 8 heteroatoms. The van der Waals surface area contributed by atoms with Crippen molar-refractivity contribution in [3.8, 4) is 0 Å². The molecule has 1 heterocycles. The number of rotatable bonds is 5. The van der Waals surface area contributed by atoms with Gasteiger partial charge < -0.3 is 4.42 Å². The van der Waals surface area contributed by atoms with Crippen LogP contribution in [-0.2, 0) is 21.4 Å². The molecule has 0 fully saturated rings. The van der Waals surface area contributed by atoms with Crippen LogP contribution in [0.4, 0.5) is 0 Å². The zero-order valence-electron chi connectivity index (χ0n) is 8.71. The van der Waals surface area contributed by atoms with Crippen molar-refractivity contribution in [1.82, 2.24) is 9.73 Å². The zero-order chi connectivity index (χ0) is 12.2. The highest BCUT2D eigenvalue weighted by Gasteiger charge is 2.20. The number of amides is 1. The van der Waals surface area contributed by atoms with Crippen molar-refractivity contribution in [3.05, 3.63) is 24.2 Å². The van der Waals surface area contributed by atoms with Crippen LogP contribution >= 0.6 is 0 Å². The average Bonchev–Trinajstić information content (AvgIpc) is 2.67. The summed E-state index contributed by atoms with van der Waals surface area (Å²) in [7, 11) is -3.49. The van der Waals surface area contributed by atoms with Gasteiger partial charge in [0, 0.05) is 0 Å². The van der Waals surface area contributed by atoms with Crippen LogP contribution in [0.15, 0.2) is 22.8 Å². The van der Waals surface area contributed by atoms with Crippen molar-refractivity contribution >= 4 is 15.9 Å². The van der Waals surface area contributed by atoms with E-state index in [1.807, 2.05) is 5.43 Å². The van der Waals surface area contributed by atoms with Gasteiger partial charge in [-0.25, -0.2) is 14.3 Å². The van der Waals surface area contributed by atoms with Crippen molar-refractivity contribution in [2.24, 2.45) is 5.84 Å². The molecule has 0 bridgehead atoms. The van der Waals surface area contributed by atoms with Crippen LogP contribution in [0.25, 0.3) is 0 Å². The summed E-state index contributed by atoms with van der Waals surface area (Å²) in [4.78, 5) is 11.0. The first kappa shape index (κ1) is 12.7. The Morgan fingerprint density at radius 2 is 2.31 bits per heavy atom. The molecule has 0 aromatic carbocycles. The van der Waals surface area contributed by atoms with Crippen molar-refractivity contribution in [2.45, 2.75) is 6.54 Å². The molecule has 1 aromatic heterocycles. The lowest BCUT2D eigenvalue weighted by Gasteiger charge is -2.17. The standard InChI is InChI=1S/C8H13N3O4S/c1-16(13,14)11(6-8(12)10-9)5-7-3-2-4-15-7/h2-4H,5-6,9H2,1H3,(H,10,12). The number of carbonyl (C=O) groups excluding carboxylic acids is 1. The monoisotopic (exact) mass is 247 g/mol. The molecule has 0 unspecified atom stereocenters. The van der Waals surface area contributed by atoms with E-state index in [-0.39, 0.29) is 13.1 Å². The Hall–Kier alpha value is -1.38. The number of nitrogens with zero attached hydrogens (tertiary/aromatic N) is 1. The molecule has 0 saturated carbocycles. The summed E-state index contributed by atoms with van der Waals surface area (Å²) in [5.74, 6) is 4.76. The van der Waals surface area contributed by atoms with Crippen LogP contribution < -0.4 is 11.3 Å². The van der Waals surface area contributed by atoms with Crippen molar-refractivity contribution in [1.29, 1.82) is 0 Å². The Morgan fingerprint density at radius 3 is 2.75 bits per heavy atom. The lowest BCUT2D eigenvalue weighted by molar-refractivity contribution is -0.121. The lowest BCUT2D eigenvalue weighted by atomic mass is 10.4. The number of sulfonamides is 1. The first-order chi connectivity index (χ1) is 7.43. The van der Waals surface area contributed by atoms with E-state index in [1.54, 1.807) is 12.1 Å². The van der Waals surface area contributed by atoms with Crippen LogP contribution in [0.5, 0.6) is 0 Å². The van der Waals surface area contributed by atoms with E-state index in [0.29, 0.717) is 5.76 Å².